The highest BCUT2D eigenvalue weighted by Gasteiger charge is 2.23. The number of piperidine rings is 1. The molecule has 0 radical (unpaired) electrons. The van der Waals surface area contributed by atoms with E-state index in [-0.39, 0.29) is 5.91 Å². The van der Waals surface area contributed by atoms with Gasteiger partial charge in [-0.3, -0.25) is 9.78 Å². The van der Waals surface area contributed by atoms with Gasteiger partial charge in [0.25, 0.3) is 5.91 Å². The molecule has 2 heterocycles. The molecule has 0 unspecified atom stereocenters. The summed E-state index contributed by atoms with van der Waals surface area (Å²) in [6, 6.07) is 22.7. The molecule has 1 aromatic heterocycles. The van der Waals surface area contributed by atoms with E-state index in [4.69, 9.17) is 11.6 Å². The van der Waals surface area contributed by atoms with Gasteiger partial charge in [0.15, 0.2) is 0 Å². The summed E-state index contributed by atoms with van der Waals surface area (Å²) in [5, 5.41) is 0.485. The van der Waals surface area contributed by atoms with E-state index in [9.17, 15) is 4.79 Å². The van der Waals surface area contributed by atoms with Crippen LogP contribution >= 0.6 is 11.6 Å². The molecule has 140 valence electrons. The van der Waals surface area contributed by atoms with Gasteiger partial charge in [-0.15, -0.1) is 0 Å². The van der Waals surface area contributed by atoms with Crippen LogP contribution in [0, 0.1) is 0 Å². The van der Waals surface area contributed by atoms with E-state index in [0.717, 1.165) is 12.8 Å². The maximum Gasteiger partial charge on any atom is 0.255 e. The molecule has 0 aliphatic carbocycles. The third-order valence-corrected chi connectivity index (χ3v) is 5.29. The number of likely N-dealkylation sites (tertiary alicyclic amines) is 1. The maximum atomic E-state index is 12.8. The highest BCUT2D eigenvalue weighted by atomic mass is 35.5. The zero-order chi connectivity index (χ0) is 19.3. The van der Waals surface area contributed by atoms with Gasteiger partial charge in [0.05, 0.1) is 10.6 Å². The molecule has 1 aliphatic rings. The maximum absolute atomic E-state index is 12.8. The van der Waals surface area contributed by atoms with Gasteiger partial charge in [0.2, 0.25) is 0 Å². The molecule has 0 atom stereocenters. The molecule has 1 fully saturated rings. The highest BCUT2D eigenvalue weighted by molar-refractivity contribution is 6.30. The number of hydrogen-bond donors (Lipinski definition) is 0. The fourth-order valence-electron chi connectivity index (χ4n) is 3.73. The molecule has 0 N–H and O–H groups in total. The number of hydrogen-bond acceptors (Lipinski definition) is 2. The van der Waals surface area contributed by atoms with Gasteiger partial charge in [-0.25, -0.2) is 0 Å². The molecule has 0 spiro atoms. The Balaban J connectivity index is 1.60. The molecule has 0 bridgehead atoms. The van der Waals surface area contributed by atoms with E-state index in [0.29, 0.717) is 23.7 Å². The minimum absolute atomic E-state index is 0.00461. The van der Waals surface area contributed by atoms with Crippen molar-refractivity contribution in [3.8, 4) is 0 Å². The van der Waals surface area contributed by atoms with Crippen LogP contribution < -0.4 is 0 Å². The topological polar surface area (TPSA) is 33.2 Å². The SMILES string of the molecule is O=C(c1cncc(Cl)c1)N1CCC(=C(c2ccccc2)c2ccccc2)CC1. The molecular weight excluding hydrogens is 368 g/mol. The fourth-order valence-corrected chi connectivity index (χ4v) is 3.90. The number of amides is 1. The molecule has 4 rings (SSSR count). The zero-order valence-corrected chi connectivity index (χ0v) is 16.3. The summed E-state index contributed by atoms with van der Waals surface area (Å²) in [6.07, 6.45) is 4.85. The zero-order valence-electron chi connectivity index (χ0n) is 15.5. The largest absolute Gasteiger partial charge is 0.338 e. The first-order valence-corrected chi connectivity index (χ1v) is 9.83. The van der Waals surface area contributed by atoms with E-state index >= 15 is 0 Å². The molecule has 1 saturated heterocycles. The van der Waals surface area contributed by atoms with Crippen molar-refractivity contribution >= 4 is 23.1 Å². The Morgan fingerprint density at radius 2 is 1.39 bits per heavy atom. The minimum atomic E-state index is -0.00461. The smallest absolute Gasteiger partial charge is 0.255 e. The van der Waals surface area contributed by atoms with Gasteiger partial charge in [0, 0.05) is 25.5 Å². The summed E-state index contributed by atoms with van der Waals surface area (Å²) in [5.41, 5.74) is 5.68. The monoisotopic (exact) mass is 388 g/mol. The Hall–Kier alpha value is -2.91. The molecular formula is C24H21ClN2O. The molecule has 1 amide bonds. The number of rotatable bonds is 3. The molecule has 2 aromatic carbocycles. The summed E-state index contributed by atoms with van der Waals surface area (Å²) in [4.78, 5) is 18.7. The first-order chi connectivity index (χ1) is 13.7. The number of nitrogens with zero attached hydrogens (tertiary/aromatic N) is 2. The van der Waals surface area contributed by atoms with Gasteiger partial charge >= 0.3 is 0 Å². The summed E-state index contributed by atoms with van der Waals surface area (Å²) in [6.45, 7) is 1.40. The Labute approximate surface area is 170 Å². The van der Waals surface area contributed by atoms with Crippen molar-refractivity contribution in [3.05, 3.63) is 106 Å². The second-order valence-corrected chi connectivity index (χ2v) is 7.33. The lowest BCUT2D eigenvalue weighted by Crippen LogP contribution is -2.36. The van der Waals surface area contributed by atoms with Crippen LogP contribution in [0.1, 0.15) is 34.3 Å². The summed E-state index contributed by atoms with van der Waals surface area (Å²) >= 11 is 5.99. The van der Waals surface area contributed by atoms with Crippen molar-refractivity contribution in [2.45, 2.75) is 12.8 Å². The third kappa shape index (κ3) is 4.00. The van der Waals surface area contributed by atoms with Crippen molar-refractivity contribution in [2.24, 2.45) is 0 Å². The average Bonchev–Trinajstić information content (AvgIpc) is 2.75. The molecule has 1 aliphatic heterocycles. The highest BCUT2D eigenvalue weighted by Crippen LogP contribution is 2.32. The molecule has 3 aromatic rings. The van der Waals surface area contributed by atoms with E-state index in [2.05, 4.69) is 53.5 Å². The Bertz CT molecular complexity index is 948. The predicted molar refractivity (Wildman–Crippen MR) is 113 cm³/mol. The molecule has 4 heteroatoms. The third-order valence-electron chi connectivity index (χ3n) is 5.08. The van der Waals surface area contributed by atoms with Crippen molar-refractivity contribution in [1.82, 2.24) is 9.88 Å². The van der Waals surface area contributed by atoms with Crippen molar-refractivity contribution < 1.29 is 4.79 Å². The van der Waals surface area contributed by atoms with Crippen LogP contribution in [-0.4, -0.2) is 28.9 Å². The molecule has 0 saturated carbocycles. The Kier molecular flexibility index (Phi) is 5.54. The Morgan fingerprint density at radius 3 is 1.93 bits per heavy atom. The van der Waals surface area contributed by atoms with Crippen LogP contribution in [0.2, 0.25) is 5.02 Å². The summed E-state index contributed by atoms with van der Waals surface area (Å²) < 4.78 is 0. The van der Waals surface area contributed by atoms with Crippen LogP contribution in [0.25, 0.3) is 5.57 Å². The van der Waals surface area contributed by atoms with Crippen molar-refractivity contribution in [1.29, 1.82) is 0 Å². The van der Waals surface area contributed by atoms with Crippen LogP contribution in [0.5, 0.6) is 0 Å². The van der Waals surface area contributed by atoms with Crippen molar-refractivity contribution in [2.75, 3.05) is 13.1 Å². The molecule has 3 nitrogen and oxygen atoms in total. The normalized spacial score (nSPS) is 14.0. The van der Waals surface area contributed by atoms with Crippen LogP contribution in [0.4, 0.5) is 0 Å². The van der Waals surface area contributed by atoms with E-state index in [1.807, 2.05) is 17.0 Å². The second kappa shape index (κ2) is 8.41. The van der Waals surface area contributed by atoms with Gasteiger partial charge in [0.1, 0.15) is 0 Å². The Morgan fingerprint density at radius 1 is 0.821 bits per heavy atom. The number of aromatic nitrogens is 1. The summed E-state index contributed by atoms with van der Waals surface area (Å²) in [5.74, 6) is -0.00461. The quantitative estimate of drug-likeness (QED) is 0.595. The van der Waals surface area contributed by atoms with E-state index < -0.39 is 0 Å². The van der Waals surface area contributed by atoms with Crippen LogP contribution in [0.15, 0.2) is 84.7 Å². The first kappa shape index (κ1) is 18.5. The first-order valence-electron chi connectivity index (χ1n) is 9.45. The fraction of sp³-hybridized carbons (Fsp3) is 0.167. The van der Waals surface area contributed by atoms with Crippen LogP contribution in [-0.2, 0) is 0 Å². The second-order valence-electron chi connectivity index (χ2n) is 6.89. The lowest BCUT2D eigenvalue weighted by atomic mass is 9.88. The van der Waals surface area contributed by atoms with E-state index in [1.165, 1.54) is 22.3 Å². The van der Waals surface area contributed by atoms with Gasteiger partial charge in [-0.05, 0) is 35.6 Å². The summed E-state index contributed by atoms with van der Waals surface area (Å²) in [7, 11) is 0. The molecule has 28 heavy (non-hydrogen) atoms. The lowest BCUT2D eigenvalue weighted by Gasteiger charge is -2.30. The number of carbonyl (C=O) groups excluding carboxylic acids is 1. The predicted octanol–water partition coefficient (Wildman–Crippen LogP) is 5.47. The average molecular weight is 389 g/mol. The van der Waals surface area contributed by atoms with E-state index in [1.54, 1.807) is 18.5 Å². The number of benzene rings is 2. The number of carbonyl (C=O) groups is 1. The number of halogens is 1. The minimum Gasteiger partial charge on any atom is -0.338 e. The number of pyridine rings is 1. The lowest BCUT2D eigenvalue weighted by molar-refractivity contribution is 0.0743. The van der Waals surface area contributed by atoms with Gasteiger partial charge in [-0.2, -0.15) is 0 Å². The van der Waals surface area contributed by atoms with Crippen molar-refractivity contribution in [3.63, 3.8) is 0 Å². The standard InChI is InChI=1S/C24H21ClN2O/c25-22-15-21(16-26-17-22)24(28)27-13-11-20(12-14-27)23(18-7-3-1-4-8-18)19-9-5-2-6-10-19/h1-10,15-17H,11-14H2. The van der Waals surface area contributed by atoms with Gasteiger partial charge in [-0.1, -0.05) is 77.8 Å². The van der Waals surface area contributed by atoms with Gasteiger partial charge < -0.3 is 4.90 Å². The van der Waals surface area contributed by atoms with Crippen LogP contribution in [0.3, 0.4) is 0 Å².